The summed E-state index contributed by atoms with van der Waals surface area (Å²) in [5.74, 6) is 1.78. The minimum atomic E-state index is 0.0726. The molecule has 2 N–H and O–H groups in total. The van der Waals surface area contributed by atoms with E-state index in [1.54, 1.807) is 30.3 Å². The van der Waals surface area contributed by atoms with Crippen molar-refractivity contribution in [3.63, 3.8) is 0 Å². The van der Waals surface area contributed by atoms with Crippen LogP contribution in [0.3, 0.4) is 0 Å². The number of azo groups is 1. The highest BCUT2D eigenvalue weighted by Crippen LogP contribution is 2.26. The average molecular weight is 492 g/mol. The first-order chi connectivity index (χ1) is 17.1. The lowest BCUT2D eigenvalue weighted by molar-refractivity contribution is 0.474. The molecule has 10 nitrogen and oxygen atoms in total. The molecule has 3 aromatic rings. The van der Waals surface area contributed by atoms with E-state index in [0.717, 1.165) is 51.9 Å². The topological polar surface area (TPSA) is 114 Å². The van der Waals surface area contributed by atoms with Crippen LogP contribution in [0.15, 0.2) is 57.8 Å². The number of phenolic OH excluding ortho intramolecular Hbond substituents is 1. The van der Waals surface area contributed by atoms with E-state index >= 15 is 0 Å². The lowest BCUT2D eigenvalue weighted by Gasteiger charge is -2.20. The zero-order valence-electron chi connectivity index (χ0n) is 19.2. The van der Waals surface area contributed by atoms with Gasteiger partial charge in [-0.25, -0.2) is 5.43 Å². The first-order valence-corrected chi connectivity index (χ1v) is 12.1. The van der Waals surface area contributed by atoms with Crippen LogP contribution in [0, 0.1) is 0 Å². The third kappa shape index (κ3) is 5.83. The molecule has 1 aromatic heterocycles. The van der Waals surface area contributed by atoms with E-state index in [1.165, 1.54) is 6.21 Å². The molecule has 5 rings (SSSR count). The van der Waals surface area contributed by atoms with Gasteiger partial charge in [0.1, 0.15) is 5.75 Å². The fourth-order valence-electron chi connectivity index (χ4n) is 4.04. The summed E-state index contributed by atoms with van der Waals surface area (Å²) in [5, 5.41) is 23.5. The van der Waals surface area contributed by atoms with E-state index in [1.807, 2.05) is 12.1 Å². The lowest BCUT2D eigenvalue weighted by Crippen LogP contribution is -2.25. The van der Waals surface area contributed by atoms with Gasteiger partial charge in [0.2, 0.25) is 17.8 Å². The highest BCUT2D eigenvalue weighted by molar-refractivity contribution is 6.30. The molecule has 2 aromatic carbocycles. The molecular formula is C24H26ClN9O. The Balaban J connectivity index is 1.33. The maximum atomic E-state index is 10.3. The fourth-order valence-corrected chi connectivity index (χ4v) is 4.23. The summed E-state index contributed by atoms with van der Waals surface area (Å²) in [7, 11) is 0. The van der Waals surface area contributed by atoms with Gasteiger partial charge >= 0.3 is 0 Å². The Hall–Kier alpha value is -3.79. The minimum absolute atomic E-state index is 0.0726. The van der Waals surface area contributed by atoms with Crippen LogP contribution in [0.4, 0.5) is 29.2 Å². The molecule has 0 atom stereocenters. The summed E-state index contributed by atoms with van der Waals surface area (Å²) >= 11 is 5.99. The SMILES string of the molecule is Oc1ccc(N=Nc2cccc(Cl)c2)cc1/C=N\Nc1nc(N2CCCC2)nc(N2CCCC2)n1. The van der Waals surface area contributed by atoms with Crippen molar-refractivity contribution in [2.75, 3.05) is 41.4 Å². The molecule has 0 bridgehead atoms. The van der Waals surface area contributed by atoms with Crippen LogP contribution in [0.25, 0.3) is 0 Å². The van der Waals surface area contributed by atoms with Gasteiger partial charge in [-0.05, 0) is 62.1 Å². The van der Waals surface area contributed by atoms with Crippen LogP contribution < -0.4 is 15.2 Å². The fraction of sp³-hybridized carbons (Fsp3) is 0.333. The number of rotatable bonds is 7. The zero-order valence-corrected chi connectivity index (χ0v) is 19.9. The Labute approximate surface area is 208 Å². The summed E-state index contributed by atoms with van der Waals surface area (Å²) in [5.41, 5.74) is 4.59. The second-order valence-electron chi connectivity index (χ2n) is 8.44. The molecule has 180 valence electrons. The van der Waals surface area contributed by atoms with Crippen molar-refractivity contribution in [1.29, 1.82) is 0 Å². The summed E-state index contributed by atoms with van der Waals surface area (Å²) in [4.78, 5) is 18.2. The summed E-state index contributed by atoms with van der Waals surface area (Å²) < 4.78 is 0. The predicted molar refractivity (Wildman–Crippen MR) is 138 cm³/mol. The Morgan fingerprint density at radius 2 is 1.46 bits per heavy atom. The number of aromatic nitrogens is 3. The number of aromatic hydroxyl groups is 1. The highest BCUT2D eigenvalue weighted by Gasteiger charge is 2.21. The molecule has 2 saturated heterocycles. The van der Waals surface area contributed by atoms with E-state index in [-0.39, 0.29) is 5.75 Å². The molecule has 2 aliphatic rings. The van der Waals surface area contributed by atoms with Gasteiger partial charge in [-0.3, -0.25) is 0 Å². The van der Waals surface area contributed by atoms with Crippen molar-refractivity contribution in [2.45, 2.75) is 25.7 Å². The normalized spacial score (nSPS) is 16.1. The number of hydrogen-bond acceptors (Lipinski definition) is 10. The maximum Gasteiger partial charge on any atom is 0.250 e. The molecule has 3 heterocycles. The van der Waals surface area contributed by atoms with Crippen molar-refractivity contribution < 1.29 is 5.11 Å². The molecule has 0 aliphatic carbocycles. The molecule has 0 spiro atoms. The van der Waals surface area contributed by atoms with Crippen LogP contribution in [0.1, 0.15) is 31.2 Å². The molecule has 0 amide bonds. The van der Waals surface area contributed by atoms with E-state index in [2.05, 4.69) is 40.5 Å². The third-order valence-corrected chi connectivity index (χ3v) is 6.09. The van der Waals surface area contributed by atoms with Gasteiger partial charge in [-0.2, -0.15) is 30.3 Å². The van der Waals surface area contributed by atoms with Crippen molar-refractivity contribution in [1.82, 2.24) is 15.0 Å². The third-order valence-electron chi connectivity index (χ3n) is 5.86. The second-order valence-corrected chi connectivity index (χ2v) is 8.88. The number of nitrogens with zero attached hydrogens (tertiary/aromatic N) is 8. The van der Waals surface area contributed by atoms with Crippen LogP contribution in [0.5, 0.6) is 5.75 Å². The summed E-state index contributed by atoms with van der Waals surface area (Å²) in [6.07, 6.45) is 6.04. The van der Waals surface area contributed by atoms with Gasteiger partial charge in [-0.15, -0.1) is 0 Å². The van der Waals surface area contributed by atoms with Crippen molar-refractivity contribution in [2.24, 2.45) is 15.3 Å². The number of hydrogen-bond donors (Lipinski definition) is 2. The quantitative estimate of drug-likeness (QED) is 0.262. The van der Waals surface area contributed by atoms with Gasteiger partial charge in [0.25, 0.3) is 0 Å². The predicted octanol–water partition coefficient (Wildman–Crippen LogP) is 5.29. The average Bonchev–Trinajstić information content (AvgIpc) is 3.59. The number of phenols is 1. The molecule has 11 heteroatoms. The first-order valence-electron chi connectivity index (χ1n) is 11.7. The van der Waals surface area contributed by atoms with Gasteiger partial charge in [-0.1, -0.05) is 17.7 Å². The Kier molecular flexibility index (Phi) is 6.99. The molecular weight excluding hydrogens is 466 g/mol. The summed E-state index contributed by atoms with van der Waals surface area (Å²) in [6.45, 7) is 3.76. The molecule has 2 fully saturated rings. The van der Waals surface area contributed by atoms with E-state index in [9.17, 15) is 5.11 Å². The Bertz CT molecular complexity index is 1200. The smallest absolute Gasteiger partial charge is 0.250 e. The van der Waals surface area contributed by atoms with Gasteiger partial charge < -0.3 is 14.9 Å². The number of halogens is 1. The van der Waals surface area contributed by atoms with Crippen LogP contribution in [-0.2, 0) is 0 Å². The molecule has 2 aliphatic heterocycles. The molecule has 0 saturated carbocycles. The number of anilines is 3. The van der Waals surface area contributed by atoms with Crippen molar-refractivity contribution >= 4 is 47.0 Å². The number of benzene rings is 2. The molecule has 35 heavy (non-hydrogen) atoms. The standard InChI is InChI=1S/C24H26ClN9O/c25-18-6-5-7-19(15-18)30-31-20-8-9-21(35)17(14-20)16-26-32-22-27-23(33-10-1-2-11-33)29-24(28-22)34-12-3-4-13-34/h5-9,14-16,35H,1-4,10-13H2,(H,27,28,29,32)/b26-16-,31-30?. The van der Waals surface area contributed by atoms with E-state index in [4.69, 9.17) is 16.6 Å². The monoisotopic (exact) mass is 491 g/mol. The van der Waals surface area contributed by atoms with Crippen molar-refractivity contribution in [3.05, 3.63) is 53.1 Å². The highest BCUT2D eigenvalue weighted by atomic mass is 35.5. The molecule has 0 radical (unpaired) electrons. The van der Waals surface area contributed by atoms with E-state index < -0.39 is 0 Å². The van der Waals surface area contributed by atoms with Crippen LogP contribution >= 0.6 is 11.6 Å². The van der Waals surface area contributed by atoms with Gasteiger partial charge in [0, 0.05) is 36.8 Å². The lowest BCUT2D eigenvalue weighted by atomic mass is 10.2. The number of nitrogens with one attached hydrogen (secondary N) is 1. The Morgan fingerprint density at radius 1 is 0.829 bits per heavy atom. The molecule has 0 unspecified atom stereocenters. The largest absolute Gasteiger partial charge is 0.507 e. The second kappa shape index (κ2) is 10.6. The zero-order chi connectivity index (χ0) is 24.0. The van der Waals surface area contributed by atoms with Gasteiger partial charge in [0.05, 0.1) is 17.6 Å². The Morgan fingerprint density at radius 3 is 2.09 bits per heavy atom. The van der Waals surface area contributed by atoms with Crippen LogP contribution in [-0.4, -0.2) is 52.5 Å². The maximum absolute atomic E-state index is 10.3. The van der Waals surface area contributed by atoms with E-state index in [0.29, 0.717) is 39.8 Å². The minimum Gasteiger partial charge on any atom is -0.507 e. The first kappa shape index (κ1) is 23.0. The van der Waals surface area contributed by atoms with Crippen molar-refractivity contribution in [3.8, 4) is 5.75 Å². The van der Waals surface area contributed by atoms with Gasteiger partial charge in [0.15, 0.2) is 0 Å². The number of hydrazone groups is 1. The summed E-state index contributed by atoms with van der Waals surface area (Å²) in [6, 6.07) is 12.0. The van der Waals surface area contributed by atoms with Crippen LogP contribution in [0.2, 0.25) is 5.02 Å².